The number of nitrogens with one attached hydrogen (secondary N) is 3. The van der Waals surface area contributed by atoms with Gasteiger partial charge in [0.2, 0.25) is 15.9 Å². The number of anilines is 1. The SMILES string of the molecule is CN1CCCC(C(=O)Nc2ccc(S(=O)(=O)NC3CCNCC3)c3ccccc23)C1. The molecule has 0 spiro atoms. The van der Waals surface area contributed by atoms with Gasteiger partial charge in [0.15, 0.2) is 0 Å². The van der Waals surface area contributed by atoms with Crippen LogP contribution in [0.2, 0.25) is 0 Å². The molecule has 1 amide bonds. The van der Waals surface area contributed by atoms with E-state index in [1.807, 2.05) is 25.2 Å². The molecule has 2 aliphatic rings. The van der Waals surface area contributed by atoms with Gasteiger partial charge in [-0.25, -0.2) is 13.1 Å². The molecule has 8 heteroatoms. The molecule has 0 radical (unpaired) electrons. The van der Waals surface area contributed by atoms with Crippen molar-refractivity contribution in [2.75, 3.05) is 38.5 Å². The smallest absolute Gasteiger partial charge is 0.241 e. The zero-order chi connectivity index (χ0) is 21.1. The summed E-state index contributed by atoms with van der Waals surface area (Å²) in [4.78, 5) is 15.3. The Morgan fingerprint density at radius 2 is 1.80 bits per heavy atom. The molecule has 162 valence electrons. The van der Waals surface area contributed by atoms with Crippen LogP contribution in [0.4, 0.5) is 5.69 Å². The molecule has 0 bridgehead atoms. The number of carbonyl (C=O) groups excluding carboxylic acids is 1. The Morgan fingerprint density at radius 3 is 2.53 bits per heavy atom. The van der Waals surface area contributed by atoms with E-state index >= 15 is 0 Å². The molecule has 2 saturated heterocycles. The third-order valence-electron chi connectivity index (χ3n) is 6.09. The van der Waals surface area contributed by atoms with E-state index in [9.17, 15) is 13.2 Å². The van der Waals surface area contributed by atoms with Gasteiger partial charge in [-0.3, -0.25) is 4.79 Å². The van der Waals surface area contributed by atoms with Crippen LogP contribution < -0.4 is 15.4 Å². The summed E-state index contributed by atoms with van der Waals surface area (Å²) in [5, 5.41) is 7.66. The van der Waals surface area contributed by atoms with Gasteiger partial charge in [0.1, 0.15) is 0 Å². The first-order chi connectivity index (χ1) is 14.4. The average molecular weight is 431 g/mol. The quantitative estimate of drug-likeness (QED) is 0.676. The zero-order valence-electron chi connectivity index (χ0n) is 17.4. The predicted octanol–water partition coefficient (Wildman–Crippen LogP) is 2.15. The van der Waals surface area contributed by atoms with Crippen LogP contribution >= 0.6 is 0 Å². The first-order valence-corrected chi connectivity index (χ1v) is 12.2. The number of hydrogen-bond acceptors (Lipinski definition) is 5. The largest absolute Gasteiger partial charge is 0.325 e. The van der Waals surface area contributed by atoms with Gasteiger partial charge in [-0.15, -0.1) is 0 Å². The second-order valence-corrected chi connectivity index (χ2v) is 10.1. The fourth-order valence-corrected chi connectivity index (χ4v) is 5.97. The Balaban J connectivity index is 1.60. The summed E-state index contributed by atoms with van der Waals surface area (Å²) in [6.07, 6.45) is 3.44. The van der Waals surface area contributed by atoms with Gasteiger partial charge in [0, 0.05) is 29.0 Å². The summed E-state index contributed by atoms with van der Waals surface area (Å²) in [5.41, 5.74) is 0.657. The Morgan fingerprint density at radius 1 is 1.07 bits per heavy atom. The van der Waals surface area contributed by atoms with Crippen LogP contribution in [-0.4, -0.2) is 58.5 Å². The van der Waals surface area contributed by atoms with Crippen molar-refractivity contribution >= 4 is 32.4 Å². The first kappa shape index (κ1) is 21.2. The number of hydrogen-bond donors (Lipinski definition) is 3. The Bertz CT molecular complexity index is 1020. The number of piperidine rings is 2. The Hall–Kier alpha value is -2.00. The van der Waals surface area contributed by atoms with E-state index in [2.05, 4.69) is 20.3 Å². The van der Waals surface area contributed by atoms with Crippen molar-refractivity contribution in [1.29, 1.82) is 0 Å². The molecule has 0 aromatic heterocycles. The number of amides is 1. The van der Waals surface area contributed by atoms with E-state index in [0.717, 1.165) is 57.2 Å². The van der Waals surface area contributed by atoms with E-state index in [1.165, 1.54) is 0 Å². The zero-order valence-corrected chi connectivity index (χ0v) is 18.2. The fraction of sp³-hybridized carbons (Fsp3) is 0.500. The van der Waals surface area contributed by atoms with Gasteiger partial charge in [0.05, 0.1) is 10.8 Å². The van der Waals surface area contributed by atoms with Crippen molar-refractivity contribution in [2.45, 2.75) is 36.6 Å². The van der Waals surface area contributed by atoms with Crippen LogP contribution in [0.3, 0.4) is 0 Å². The molecule has 1 atom stereocenters. The third kappa shape index (κ3) is 4.67. The standard InChI is InChI=1S/C22H30N4O3S/c1-26-14-4-5-16(15-26)22(27)24-20-8-9-21(19-7-3-2-6-18(19)20)30(28,29)25-17-10-12-23-13-11-17/h2-3,6-9,16-17,23,25H,4-5,10-15H2,1H3,(H,24,27). The summed E-state index contributed by atoms with van der Waals surface area (Å²) in [6.45, 7) is 3.39. The second kappa shape index (κ2) is 9.01. The highest BCUT2D eigenvalue weighted by molar-refractivity contribution is 7.89. The van der Waals surface area contributed by atoms with Crippen molar-refractivity contribution in [2.24, 2.45) is 5.92 Å². The minimum atomic E-state index is -3.66. The molecule has 2 aromatic rings. The number of carbonyl (C=O) groups is 1. The molecule has 2 fully saturated rings. The van der Waals surface area contributed by atoms with E-state index in [-0.39, 0.29) is 22.8 Å². The van der Waals surface area contributed by atoms with Crippen LogP contribution in [0.5, 0.6) is 0 Å². The lowest BCUT2D eigenvalue weighted by atomic mass is 9.97. The highest BCUT2D eigenvalue weighted by Crippen LogP contribution is 2.30. The molecule has 2 heterocycles. The molecular weight excluding hydrogens is 400 g/mol. The van der Waals surface area contributed by atoms with Crippen LogP contribution in [0.1, 0.15) is 25.7 Å². The monoisotopic (exact) mass is 430 g/mol. The lowest BCUT2D eigenvalue weighted by molar-refractivity contribution is -0.121. The average Bonchev–Trinajstić information content (AvgIpc) is 2.74. The molecule has 0 aliphatic carbocycles. The summed E-state index contributed by atoms with van der Waals surface area (Å²) >= 11 is 0. The van der Waals surface area contributed by atoms with Gasteiger partial charge in [0.25, 0.3) is 0 Å². The molecule has 3 N–H and O–H groups in total. The molecule has 1 unspecified atom stereocenters. The maximum absolute atomic E-state index is 13.1. The highest BCUT2D eigenvalue weighted by atomic mass is 32.2. The maximum Gasteiger partial charge on any atom is 0.241 e. The van der Waals surface area contributed by atoms with Gasteiger partial charge in [-0.05, 0) is 64.5 Å². The molecule has 30 heavy (non-hydrogen) atoms. The van der Waals surface area contributed by atoms with Crippen LogP contribution in [0.25, 0.3) is 10.8 Å². The molecule has 2 aromatic carbocycles. The number of nitrogens with zero attached hydrogens (tertiary/aromatic N) is 1. The summed E-state index contributed by atoms with van der Waals surface area (Å²) in [5.74, 6) is -0.0531. The van der Waals surface area contributed by atoms with E-state index in [1.54, 1.807) is 18.2 Å². The number of likely N-dealkylation sites (tertiary alicyclic amines) is 1. The maximum atomic E-state index is 13.1. The molecule has 2 aliphatic heterocycles. The number of benzene rings is 2. The highest BCUT2D eigenvalue weighted by Gasteiger charge is 2.26. The molecule has 4 rings (SSSR count). The summed E-state index contributed by atoms with van der Waals surface area (Å²) in [7, 11) is -1.63. The summed E-state index contributed by atoms with van der Waals surface area (Å²) < 4.78 is 29.1. The molecule has 7 nitrogen and oxygen atoms in total. The topological polar surface area (TPSA) is 90.5 Å². The number of rotatable bonds is 5. The fourth-order valence-electron chi connectivity index (χ4n) is 4.45. The van der Waals surface area contributed by atoms with Crippen molar-refractivity contribution in [3.05, 3.63) is 36.4 Å². The van der Waals surface area contributed by atoms with Crippen molar-refractivity contribution in [3.63, 3.8) is 0 Å². The van der Waals surface area contributed by atoms with Crippen molar-refractivity contribution < 1.29 is 13.2 Å². The van der Waals surface area contributed by atoms with Gasteiger partial charge >= 0.3 is 0 Å². The lowest BCUT2D eigenvalue weighted by Gasteiger charge is -2.29. The summed E-state index contributed by atoms with van der Waals surface area (Å²) in [6, 6.07) is 10.6. The molecular formula is C22H30N4O3S. The van der Waals surface area contributed by atoms with Gasteiger partial charge in [-0.1, -0.05) is 24.3 Å². The number of fused-ring (bicyclic) bond motifs is 1. The lowest BCUT2D eigenvalue weighted by Crippen LogP contribution is -2.42. The van der Waals surface area contributed by atoms with Crippen molar-refractivity contribution in [3.8, 4) is 0 Å². The number of sulfonamides is 1. The van der Waals surface area contributed by atoms with Crippen LogP contribution in [-0.2, 0) is 14.8 Å². The van der Waals surface area contributed by atoms with Crippen molar-refractivity contribution in [1.82, 2.24) is 14.9 Å². The van der Waals surface area contributed by atoms with Gasteiger partial charge < -0.3 is 15.5 Å². The van der Waals surface area contributed by atoms with Gasteiger partial charge in [-0.2, -0.15) is 0 Å². The first-order valence-electron chi connectivity index (χ1n) is 10.7. The van der Waals surface area contributed by atoms with Crippen LogP contribution in [0.15, 0.2) is 41.3 Å². The minimum absolute atomic E-state index is 0.00450. The van der Waals surface area contributed by atoms with E-state index < -0.39 is 10.0 Å². The minimum Gasteiger partial charge on any atom is -0.325 e. The third-order valence-corrected chi connectivity index (χ3v) is 7.67. The normalized spacial score (nSPS) is 21.6. The Kier molecular flexibility index (Phi) is 6.38. The Labute approximate surface area is 178 Å². The van der Waals surface area contributed by atoms with E-state index in [4.69, 9.17) is 0 Å². The second-order valence-electron chi connectivity index (χ2n) is 8.39. The predicted molar refractivity (Wildman–Crippen MR) is 119 cm³/mol. The van der Waals surface area contributed by atoms with Crippen LogP contribution in [0, 0.1) is 5.92 Å². The molecule has 0 saturated carbocycles. The van der Waals surface area contributed by atoms with E-state index in [0.29, 0.717) is 11.1 Å².